The van der Waals surface area contributed by atoms with Crippen LogP contribution in [0.15, 0.2) is 23.8 Å². The van der Waals surface area contributed by atoms with Crippen molar-refractivity contribution in [3.05, 3.63) is 29.3 Å². The second kappa shape index (κ2) is 17.1. The number of rotatable bonds is 17. The lowest BCUT2D eigenvalue weighted by atomic mass is 9.49. The van der Waals surface area contributed by atoms with Crippen molar-refractivity contribution < 1.29 is 43.2 Å². The molecule has 0 aromatic heterocycles. The third kappa shape index (κ3) is 9.55. The third-order valence-corrected chi connectivity index (χ3v) is 10.4. The van der Waals surface area contributed by atoms with E-state index in [1.807, 2.05) is 6.08 Å². The molecule has 12 nitrogen and oxygen atoms in total. The van der Waals surface area contributed by atoms with Crippen LogP contribution in [0.3, 0.4) is 0 Å². The molecule has 0 heterocycles. The van der Waals surface area contributed by atoms with Crippen molar-refractivity contribution in [1.82, 2.24) is 5.32 Å². The van der Waals surface area contributed by atoms with Gasteiger partial charge in [-0.25, -0.2) is 4.79 Å². The maximum atomic E-state index is 12.2. The number of carbonyl (C=O) groups is 4. The van der Waals surface area contributed by atoms with Crippen molar-refractivity contribution in [2.75, 3.05) is 51.9 Å². The number of fused-ring (bicyclic) bond motifs is 3. The molecular weight excluding hydrogens is 606 g/mol. The number of carbonyl (C=O) groups excluding carboxylic acids is 4. The number of anilines is 1. The number of phenols is 1. The first-order valence-corrected chi connectivity index (χ1v) is 16.9. The van der Waals surface area contributed by atoms with E-state index >= 15 is 0 Å². The average Bonchev–Trinajstić information content (AvgIpc) is 3.02. The minimum absolute atomic E-state index is 0.0732. The minimum atomic E-state index is -0.990. The molecular formula is C35H51N3O9. The number of primary amides is 1. The first-order valence-electron chi connectivity index (χ1n) is 16.9. The zero-order chi connectivity index (χ0) is 34.0. The SMILES string of the molecule is CC1CCC2C(CCC3=CC(=O)CCC32C)C1CCCOCCC(=O)NCCOCCOCC(=O)Oc1ccc(N)c(O)c1C(N)=O. The molecule has 0 bridgehead atoms. The summed E-state index contributed by atoms with van der Waals surface area (Å²) >= 11 is 0. The quantitative estimate of drug-likeness (QED) is 0.0632. The Morgan fingerprint density at radius 1 is 1.02 bits per heavy atom. The molecule has 0 spiro atoms. The van der Waals surface area contributed by atoms with Crippen LogP contribution < -0.4 is 21.5 Å². The van der Waals surface area contributed by atoms with Gasteiger partial charge < -0.3 is 40.8 Å². The summed E-state index contributed by atoms with van der Waals surface area (Å²) in [6.45, 7) is 6.34. The number of nitrogens with two attached hydrogens (primary N) is 2. The molecule has 5 atom stereocenters. The normalized spacial score (nSPS) is 25.3. The Kier molecular flexibility index (Phi) is 13.2. The van der Waals surface area contributed by atoms with Gasteiger partial charge >= 0.3 is 5.97 Å². The summed E-state index contributed by atoms with van der Waals surface area (Å²) in [5.41, 5.74) is 11.9. The van der Waals surface area contributed by atoms with E-state index in [1.165, 1.54) is 37.0 Å². The molecule has 0 radical (unpaired) electrons. The third-order valence-electron chi connectivity index (χ3n) is 10.4. The highest BCUT2D eigenvalue weighted by Crippen LogP contribution is 2.59. The Morgan fingerprint density at radius 3 is 2.57 bits per heavy atom. The van der Waals surface area contributed by atoms with E-state index < -0.39 is 24.2 Å². The average molecular weight is 658 g/mol. The van der Waals surface area contributed by atoms with Gasteiger partial charge in [0, 0.05) is 26.0 Å². The lowest BCUT2D eigenvalue weighted by molar-refractivity contribution is -0.140. The summed E-state index contributed by atoms with van der Waals surface area (Å²) in [6.07, 6.45) is 10.9. The molecule has 3 aliphatic rings. The number of esters is 1. The van der Waals surface area contributed by atoms with E-state index in [4.69, 9.17) is 30.4 Å². The lowest BCUT2D eigenvalue weighted by Crippen LogP contribution is -2.47. The molecule has 260 valence electrons. The predicted octanol–water partition coefficient (Wildman–Crippen LogP) is 3.68. The first kappa shape index (κ1) is 36.4. The summed E-state index contributed by atoms with van der Waals surface area (Å²) in [5.74, 6) is 0.448. The zero-order valence-electron chi connectivity index (χ0n) is 27.7. The highest BCUT2D eigenvalue weighted by molar-refractivity contribution is 6.00. The fraction of sp³-hybridized carbons (Fsp3) is 0.657. The van der Waals surface area contributed by atoms with Crippen LogP contribution in [0.5, 0.6) is 11.5 Å². The van der Waals surface area contributed by atoms with Crippen LogP contribution in [0.2, 0.25) is 0 Å². The van der Waals surface area contributed by atoms with Crippen LogP contribution >= 0.6 is 0 Å². The van der Waals surface area contributed by atoms with Crippen molar-refractivity contribution in [2.24, 2.45) is 34.8 Å². The van der Waals surface area contributed by atoms with Gasteiger partial charge in [0.2, 0.25) is 5.91 Å². The maximum Gasteiger partial charge on any atom is 0.337 e. The fourth-order valence-corrected chi connectivity index (χ4v) is 7.85. The number of amides is 2. The van der Waals surface area contributed by atoms with Gasteiger partial charge in [0.1, 0.15) is 17.9 Å². The molecule has 2 saturated carbocycles. The smallest absolute Gasteiger partial charge is 0.337 e. The summed E-state index contributed by atoms with van der Waals surface area (Å²) in [7, 11) is 0. The number of benzene rings is 1. The van der Waals surface area contributed by atoms with E-state index in [1.54, 1.807) is 0 Å². The summed E-state index contributed by atoms with van der Waals surface area (Å²) in [5, 5.41) is 12.7. The fourth-order valence-electron chi connectivity index (χ4n) is 7.85. The van der Waals surface area contributed by atoms with Gasteiger partial charge in [0.15, 0.2) is 11.5 Å². The Balaban J connectivity index is 1.01. The van der Waals surface area contributed by atoms with E-state index in [9.17, 15) is 24.3 Å². The van der Waals surface area contributed by atoms with Crippen LogP contribution in [-0.4, -0.2) is 74.9 Å². The molecule has 47 heavy (non-hydrogen) atoms. The molecule has 3 aliphatic carbocycles. The van der Waals surface area contributed by atoms with Crippen molar-refractivity contribution in [3.63, 3.8) is 0 Å². The molecule has 12 heteroatoms. The van der Waals surface area contributed by atoms with Crippen molar-refractivity contribution in [2.45, 2.75) is 71.6 Å². The van der Waals surface area contributed by atoms with Crippen molar-refractivity contribution in [3.8, 4) is 11.5 Å². The Morgan fingerprint density at radius 2 is 1.79 bits per heavy atom. The first-order chi connectivity index (χ1) is 22.5. The second-order valence-electron chi connectivity index (χ2n) is 13.3. The van der Waals surface area contributed by atoms with Crippen molar-refractivity contribution in [1.29, 1.82) is 0 Å². The van der Waals surface area contributed by atoms with Gasteiger partial charge in [-0.1, -0.05) is 25.8 Å². The van der Waals surface area contributed by atoms with E-state index in [2.05, 4.69) is 19.2 Å². The van der Waals surface area contributed by atoms with Gasteiger partial charge in [-0.05, 0) is 85.8 Å². The van der Waals surface area contributed by atoms with Crippen LogP contribution in [0.25, 0.3) is 0 Å². The predicted molar refractivity (Wildman–Crippen MR) is 175 cm³/mol. The molecule has 2 fully saturated rings. The molecule has 1 aromatic carbocycles. The van der Waals surface area contributed by atoms with Crippen molar-refractivity contribution >= 4 is 29.3 Å². The highest BCUT2D eigenvalue weighted by atomic mass is 16.6. The highest BCUT2D eigenvalue weighted by Gasteiger charge is 2.51. The van der Waals surface area contributed by atoms with Crippen LogP contribution in [0.4, 0.5) is 5.69 Å². The Hall–Kier alpha value is -3.48. The van der Waals surface area contributed by atoms with Gasteiger partial charge in [-0.3, -0.25) is 14.4 Å². The number of ether oxygens (including phenoxy) is 4. The van der Waals surface area contributed by atoms with Gasteiger partial charge in [-0.2, -0.15) is 0 Å². The van der Waals surface area contributed by atoms with Gasteiger partial charge in [0.25, 0.3) is 5.91 Å². The molecule has 6 N–H and O–H groups in total. The Bertz CT molecular complexity index is 1320. The van der Waals surface area contributed by atoms with Crippen LogP contribution in [0, 0.1) is 29.1 Å². The van der Waals surface area contributed by atoms with E-state index in [0.29, 0.717) is 49.7 Å². The number of nitrogens with one attached hydrogen (secondary N) is 1. The minimum Gasteiger partial charge on any atom is -0.505 e. The number of hydrogen-bond donors (Lipinski definition) is 4. The standard InChI is InChI=1S/C35H51N3O9/c1-22-5-8-27-26(7-6-23-20-24(39)11-13-35(23,27)2)25(22)4-3-15-44-16-12-30(40)38-14-17-45-18-19-46-21-31(41)47-29-10-9-28(36)33(42)32(29)34(37)43/h9-10,20,22,25-27,42H,3-8,11-19,21,36H2,1-2H3,(H2,37,43)(H,38,40). The topological polar surface area (TPSA) is 190 Å². The lowest BCUT2D eigenvalue weighted by Gasteiger charge is -2.55. The van der Waals surface area contributed by atoms with Crippen LogP contribution in [-0.2, 0) is 28.6 Å². The monoisotopic (exact) mass is 657 g/mol. The summed E-state index contributed by atoms with van der Waals surface area (Å²) in [6, 6.07) is 2.54. The largest absolute Gasteiger partial charge is 0.505 e. The zero-order valence-corrected chi connectivity index (χ0v) is 27.7. The van der Waals surface area contributed by atoms with E-state index in [-0.39, 0.29) is 54.6 Å². The summed E-state index contributed by atoms with van der Waals surface area (Å²) < 4.78 is 21.5. The second-order valence-corrected chi connectivity index (χ2v) is 13.3. The Labute approximate surface area is 276 Å². The van der Waals surface area contributed by atoms with E-state index in [0.717, 1.165) is 31.6 Å². The molecule has 0 aliphatic heterocycles. The molecule has 4 rings (SSSR count). The van der Waals surface area contributed by atoms with Gasteiger partial charge in [0.05, 0.1) is 32.1 Å². The number of allylic oxidation sites excluding steroid dienone is 2. The van der Waals surface area contributed by atoms with Gasteiger partial charge in [-0.15, -0.1) is 0 Å². The van der Waals surface area contributed by atoms with Crippen LogP contribution in [0.1, 0.15) is 82.0 Å². The molecule has 1 aromatic rings. The number of ketones is 1. The molecule has 5 unspecified atom stereocenters. The summed E-state index contributed by atoms with van der Waals surface area (Å²) in [4.78, 5) is 47.8. The maximum absolute atomic E-state index is 12.2. The number of nitrogen functional groups attached to an aromatic ring is 1. The number of hydrogen-bond acceptors (Lipinski definition) is 10. The molecule has 2 amide bonds. The molecule has 0 saturated heterocycles. The number of aromatic hydroxyl groups is 1.